The number of piperidine rings is 1. The fraction of sp³-hybridized carbons (Fsp3) is 0.481. The minimum Gasteiger partial charge on any atom is -0.339 e. The van der Waals surface area contributed by atoms with Crippen molar-refractivity contribution in [2.24, 2.45) is 5.92 Å². The van der Waals surface area contributed by atoms with Crippen molar-refractivity contribution in [3.8, 4) is 0 Å². The Morgan fingerprint density at radius 3 is 2.38 bits per heavy atom. The van der Waals surface area contributed by atoms with Gasteiger partial charge in [0.05, 0.1) is 17.2 Å². The fourth-order valence-corrected chi connectivity index (χ4v) is 4.82. The molecule has 5 heteroatoms. The average molecular weight is 434 g/mol. The highest BCUT2D eigenvalue weighted by Crippen LogP contribution is 2.24. The molecule has 170 valence electrons. The number of aryl methyl sites for hydroxylation is 1. The smallest absolute Gasteiger partial charge is 0.255 e. The van der Waals surface area contributed by atoms with Crippen LogP contribution in [-0.2, 0) is 11.3 Å². The summed E-state index contributed by atoms with van der Waals surface area (Å²) in [7, 11) is 0. The van der Waals surface area contributed by atoms with Crippen molar-refractivity contribution >= 4 is 17.5 Å². The van der Waals surface area contributed by atoms with E-state index in [0.29, 0.717) is 11.3 Å². The van der Waals surface area contributed by atoms with E-state index in [-0.39, 0.29) is 17.7 Å². The molecular formula is C27H35N3O2. The van der Waals surface area contributed by atoms with E-state index in [4.69, 9.17) is 0 Å². The van der Waals surface area contributed by atoms with Gasteiger partial charge in [-0.15, -0.1) is 0 Å². The van der Waals surface area contributed by atoms with Gasteiger partial charge in [-0.2, -0.15) is 0 Å². The summed E-state index contributed by atoms with van der Waals surface area (Å²) < 4.78 is 0. The first-order valence-corrected chi connectivity index (χ1v) is 12.1. The number of hydrogen-bond donors (Lipinski definition) is 1. The Bertz CT molecular complexity index is 917. The van der Waals surface area contributed by atoms with Gasteiger partial charge in [-0.3, -0.25) is 14.5 Å². The Labute approximate surface area is 191 Å². The zero-order valence-corrected chi connectivity index (χ0v) is 19.2. The van der Waals surface area contributed by atoms with Crippen molar-refractivity contribution in [3.05, 3.63) is 65.2 Å². The van der Waals surface area contributed by atoms with E-state index in [9.17, 15) is 9.59 Å². The molecular weight excluding hydrogens is 398 g/mol. The summed E-state index contributed by atoms with van der Waals surface area (Å²) in [6.45, 7) is 6.34. The molecule has 2 amide bonds. The van der Waals surface area contributed by atoms with E-state index in [0.717, 1.165) is 58.4 Å². The monoisotopic (exact) mass is 433 g/mol. The quantitative estimate of drug-likeness (QED) is 0.732. The van der Waals surface area contributed by atoms with E-state index in [1.165, 1.54) is 24.0 Å². The second-order valence-corrected chi connectivity index (χ2v) is 9.30. The molecule has 1 N–H and O–H groups in total. The molecule has 2 heterocycles. The SMILES string of the molecule is Cc1ccc(CN2CCCC(C(=O)Nc3ccccc3C(=O)N3CCCCCC3)C2)cc1. The van der Waals surface area contributed by atoms with E-state index in [1.807, 2.05) is 29.2 Å². The van der Waals surface area contributed by atoms with Crippen LogP contribution in [0.1, 0.15) is 60.0 Å². The molecule has 2 fully saturated rings. The van der Waals surface area contributed by atoms with Gasteiger partial charge in [-0.05, 0) is 56.8 Å². The van der Waals surface area contributed by atoms with Gasteiger partial charge in [-0.1, -0.05) is 54.8 Å². The average Bonchev–Trinajstić information content (AvgIpc) is 3.10. The predicted octanol–water partition coefficient (Wildman–Crippen LogP) is 4.86. The van der Waals surface area contributed by atoms with Crippen molar-refractivity contribution in [1.82, 2.24) is 9.80 Å². The lowest BCUT2D eigenvalue weighted by atomic mass is 9.96. The molecule has 0 saturated carbocycles. The van der Waals surface area contributed by atoms with Crippen molar-refractivity contribution in [2.75, 3.05) is 31.5 Å². The molecule has 2 aromatic carbocycles. The Hall–Kier alpha value is -2.66. The lowest BCUT2D eigenvalue weighted by molar-refractivity contribution is -0.121. The van der Waals surface area contributed by atoms with Crippen LogP contribution in [0.25, 0.3) is 0 Å². The molecule has 2 saturated heterocycles. The minimum atomic E-state index is -0.0597. The zero-order valence-electron chi connectivity index (χ0n) is 19.2. The maximum Gasteiger partial charge on any atom is 0.255 e. The summed E-state index contributed by atoms with van der Waals surface area (Å²) in [6, 6.07) is 16.1. The molecule has 0 aromatic heterocycles. The summed E-state index contributed by atoms with van der Waals surface area (Å²) in [5.41, 5.74) is 3.79. The van der Waals surface area contributed by atoms with Crippen LogP contribution < -0.4 is 5.32 Å². The molecule has 2 aliphatic heterocycles. The van der Waals surface area contributed by atoms with Crippen LogP contribution in [0.4, 0.5) is 5.69 Å². The number of likely N-dealkylation sites (tertiary alicyclic amines) is 2. The van der Waals surface area contributed by atoms with Gasteiger partial charge in [0.25, 0.3) is 5.91 Å². The summed E-state index contributed by atoms with van der Waals surface area (Å²) >= 11 is 0. The number of amides is 2. The van der Waals surface area contributed by atoms with Crippen LogP contribution in [0.2, 0.25) is 0 Å². The highest BCUT2D eigenvalue weighted by molar-refractivity contribution is 6.04. The van der Waals surface area contributed by atoms with Gasteiger partial charge < -0.3 is 10.2 Å². The number of rotatable bonds is 5. The molecule has 32 heavy (non-hydrogen) atoms. The van der Waals surface area contributed by atoms with Gasteiger partial charge >= 0.3 is 0 Å². The third-order valence-electron chi connectivity index (χ3n) is 6.71. The van der Waals surface area contributed by atoms with Gasteiger partial charge in [0.15, 0.2) is 0 Å². The molecule has 0 bridgehead atoms. The summed E-state index contributed by atoms with van der Waals surface area (Å²) in [6.07, 6.45) is 6.38. The largest absolute Gasteiger partial charge is 0.339 e. The van der Waals surface area contributed by atoms with Crippen molar-refractivity contribution < 1.29 is 9.59 Å². The van der Waals surface area contributed by atoms with Gasteiger partial charge in [0, 0.05) is 26.2 Å². The number of nitrogens with one attached hydrogen (secondary N) is 1. The number of anilines is 1. The summed E-state index contributed by atoms with van der Waals surface area (Å²) in [4.78, 5) is 30.6. The lowest BCUT2D eigenvalue weighted by Gasteiger charge is -2.32. The Morgan fingerprint density at radius 2 is 1.62 bits per heavy atom. The number of carbonyl (C=O) groups excluding carboxylic acids is 2. The van der Waals surface area contributed by atoms with Gasteiger partial charge in [-0.25, -0.2) is 0 Å². The number of para-hydroxylation sites is 1. The standard InChI is InChI=1S/C27H35N3O2/c1-21-12-14-22(15-13-21)19-29-16-8-9-23(20-29)26(31)28-25-11-5-4-10-24(25)27(32)30-17-6-2-3-7-18-30/h4-5,10-15,23H,2-3,6-9,16-20H2,1H3,(H,28,31). The van der Waals surface area contributed by atoms with Crippen molar-refractivity contribution in [2.45, 2.75) is 52.0 Å². The van der Waals surface area contributed by atoms with Crippen LogP contribution in [-0.4, -0.2) is 47.8 Å². The highest BCUT2D eigenvalue weighted by atomic mass is 16.2. The van der Waals surface area contributed by atoms with Crippen LogP contribution >= 0.6 is 0 Å². The van der Waals surface area contributed by atoms with E-state index >= 15 is 0 Å². The van der Waals surface area contributed by atoms with E-state index < -0.39 is 0 Å². The van der Waals surface area contributed by atoms with Crippen LogP contribution in [0.5, 0.6) is 0 Å². The maximum absolute atomic E-state index is 13.2. The maximum atomic E-state index is 13.2. The molecule has 4 rings (SSSR count). The van der Waals surface area contributed by atoms with Gasteiger partial charge in [0.2, 0.25) is 5.91 Å². The van der Waals surface area contributed by atoms with Crippen LogP contribution in [0.3, 0.4) is 0 Å². The number of carbonyl (C=O) groups is 2. The molecule has 0 spiro atoms. The zero-order chi connectivity index (χ0) is 22.3. The first-order chi connectivity index (χ1) is 15.6. The molecule has 5 nitrogen and oxygen atoms in total. The fourth-order valence-electron chi connectivity index (χ4n) is 4.82. The minimum absolute atomic E-state index is 0.0229. The Morgan fingerprint density at radius 1 is 0.906 bits per heavy atom. The van der Waals surface area contributed by atoms with Crippen LogP contribution in [0.15, 0.2) is 48.5 Å². The topological polar surface area (TPSA) is 52.7 Å². The Kier molecular flexibility index (Phi) is 7.59. The Balaban J connectivity index is 1.40. The van der Waals surface area contributed by atoms with Crippen molar-refractivity contribution in [1.29, 1.82) is 0 Å². The predicted molar refractivity (Wildman–Crippen MR) is 129 cm³/mol. The van der Waals surface area contributed by atoms with E-state index in [1.54, 1.807) is 0 Å². The second kappa shape index (κ2) is 10.8. The molecule has 2 aliphatic rings. The van der Waals surface area contributed by atoms with Crippen molar-refractivity contribution in [3.63, 3.8) is 0 Å². The molecule has 0 radical (unpaired) electrons. The van der Waals surface area contributed by atoms with E-state index in [2.05, 4.69) is 41.4 Å². The lowest BCUT2D eigenvalue weighted by Crippen LogP contribution is -2.40. The number of nitrogens with zero attached hydrogens (tertiary/aromatic N) is 2. The third-order valence-corrected chi connectivity index (χ3v) is 6.71. The first-order valence-electron chi connectivity index (χ1n) is 12.1. The summed E-state index contributed by atoms with van der Waals surface area (Å²) in [5, 5.41) is 3.09. The summed E-state index contributed by atoms with van der Waals surface area (Å²) in [5.74, 6) is -0.00212. The normalized spacial score (nSPS) is 19.9. The van der Waals surface area contributed by atoms with Gasteiger partial charge in [0.1, 0.15) is 0 Å². The molecule has 2 aromatic rings. The molecule has 1 unspecified atom stereocenters. The number of hydrogen-bond acceptors (Lipinski definition) is 3. The third kappa shape index (κ3) is 5.77. The van der Waals surface area contributed by atoms with Crippen LogP contribution in [0, 0.1) is 12.8 Å². The molecule has 1 atom stereocenters. The second-order valence-electron chi connectivity index (χ2n) is 9.30. The highest BCUT2D eigenvalue weighted by Gasteiger charge is 2.27. The number of benzene rings is 2. The molecule has 0 aliphatic carbocycles. The first kappa shape index (κ1) is 22.5.